The third-order valence-corrected chi connectivity index (χ3v) is 5.73. The zero-order valence-electron chi connectivity index (χ0n) is 17.2. The predicted molar refractivity (Wildman–Crippen MR) is 113 cm³/mol. The quantitative estimate of drug-likeness (QED) is 0.550. The fourth-order valence-electron chi connectivity index (χ4n) is 4.35. The molecule has 0 unspecified atom stereocenters. The van der Waals surface area contributed by atoms with Crippen LogP contribution in [-0.4, -0.2) is 23.0 Å². The van der Waals surface area contributed by atoms with Gasteiger partial charge in [0.15, 0.2) is 0 Å². The van der Waals surface area contributed by atoms with Crippen LogP contribution in [0.2, 0.25) is 0 Å². The monoisotopic (exact) mass is 366 g/mol. The Morgan fingerprint density at radius 1 is 1.15 bits per heavy atom. The van der Waals surface area contributed by atoms with Gasteiger partial charge in [0.1, 0.15) is 0 Å². The first-order valence-corrected chi connectivity index (χ1v) is 10.4. The van der Waals surface area contributed by atoms with Gasteiger partial charge in [0.05, 0.1) is 12.3 Å². The Bertz CT molecular complexity index is 739. The highest BCUT2D eigenvalue weighted by Gasteiger charge is 2.24. The molecule has 1 aliphatic rings. The van der Waals surface area contributed by atoms with Crippen molar-refractivity contribution in [3.63, 3.8) is 0 Å². The van der Waals surface area contributed by atoms with Crippen LogP contribution in [0.15, 0.2) is 42.5 Å². The molecule has 3 heteroatoms. The molecule has 1 saturated carbocycles. The van der Waals surface area contributed by atoms with Crippen LogP contribution in [0.4, 0.5) is 0 Å². The fraction of sp³-hybridized carbons (Fsp3) is 0.542. The van der Waals surface area contributed by atoms with Crippen LogP contribution in [0.1, 0.15) is 50.9 Å². The van der Waals surface area contributed by atoms with E-state index in [0.717, 1.165) is 36.8 Å². The van der Waals surface area contributed by atoms with Crippen molar-refractivity contribution < 1.29 is 4.74 Å². The zero-order valence-corrected chi connectivity index (χ0v) is 17.2. The standard InChI is InChI=1S/C24H34N2O/c1-5-23-24(22-9-7-6-8-10-22)19(4)25-26(23)15-20-11-13-21(14-12-20)17-27-16-18(2)3/h6-10,20-21H,2,5,11-17H2,1,3-4H3. The van der Waals surface area contributed by atoms with E-state index in [1.807, 2.05) is 6.92 Å². The van der Waals surface area contributed by atoms with Gasteiger partial charge in [0.2, 0.25) is 0 Å². The number of nitrogens with zero attached hydrogens (tertiary/aromatic N) is 2. The molecule has 3 rings (SSSR count). The topological polar surface area (TPSA) is 27.1 Å². The van der Waals surface area contributed by atoms with Crippen LogP contribution in [0, 0.1) is 18.8 Å². The highest BCUT2D eigenvalue weighted by molar-refractivity contribution is 5.68. The second-order valence-corrected chi connectivity index (χ2v) is 8.17. The van der Waals surface area contributed by atoms with Crippen molar-refractivity contribution in [3.05, 3.63) is 53.9 Å². The van der Waals surface area contributed by atoms with E-state index < -0.39 is 0 Å². The van der Waals surface area contributed by atoms with Gasteiger partial charge in [-0.15, -0.1) is 0 Å². The number of hydrogen-bond acceptors (Lipinski definition) is 2. The molecule has 0 spiro atoms. The molecule has 1 fully saturated rings. The Morgan fingerprint density at radius 3 is 2.44 bits per heavy atom. The molecule has 146 valence electrons. The zero-order chi connectivity index (χ0) is 19.2. The lowest BCUT2D eigenvalue weighted by atomic mass is 9.82. The van der Waals surface area contributed by atoms with Gasteiger partial charge in [-0.1, -0.05) is 49.4 Å². The first kappa shape index (κ1) is 19.9. The summed E-state index contributed by atoms with van der Waals surface area (Å²) in [4.78, 5) is 0. The fourth-order valence-corrected chi connectivity index (χ4v) is 4.35. The summed E-state index contributed by atoms with van der Waals surface area (Å²) in [6, 6.07) is 10.7. The first-order valence-electron chi connectivity index (χ1n) is 10.4. The summed E-state index contributed by atoms with van der Waals surface area (Å²) in [5.41, 5.74) is 6.26. The smallest absolute Gasteiger partial charge is 0.0675 e. The summed E-state index contributed by atoms with van der Waals surface area (Å²) in [5, 5.41) is 4.92. The number of ether oxygens (including phenoxy) is 1. The number of aryl methyl sites for hydroxylation is 1. The molecule has 0 bridgehead atoms. The maximum atomic E-state index is 5.78. The normalized spacial score (nSPS) is 20.0. The van der Waals surface area contributed by atoms with E-state index in [2.05, 4.69) is 55.4 Å². The van der Waals surface area contributed by atoms with Crippen LogP contribution in [-0.2, 0) is 17.7 Å². The number of hydrogen-bond donors (Lipinski definition) is 0. The minimum absolute atomic E-state index is 0.703. The molecule has 0 radical (unpaired) electrons. The molecule has 3 nitrogen and oxygen atoms in total. The lowest BCUT2D eigenvalue weighted by molar-refractivity contribution is 0.0897. The van der Waals surface area contributed by atoms with Gasteiger partial charge in [-0.3, -0.25) is 4.68 Å². The Morgan fingerprint density at radius 2 is 1.81 bits per heavy atom. The molecule has 1 aromatic heterocycles. The molecule has 1 heterocycles. The second-order valence-electron chi connectivity index (χ2n) is 8.17. The van der Waals surface area contributed by atoms with Crippen LogP contribution in [0.25, 0.3) is 11.1 Å². The van der Waals surface area contributed by atoms with E-state index in [1.54, 1.807) is 0 Å². The summed E-state index contributed by atoms with van der Waals surface area (Å²) >= 11 is 0. The summed E-state index contributed by atoms with van der Waals surface area (Å²) in [6.07, 6.45) is 6.13. The average Bonchev–Trinajstić information content (AvgIpc) is 2.98. The second kappa shape index (κ2) is 9.36. The molecule has 27 heavy (non-hydrogen) atoms. The third kappa shape index (κ3) is 5.10. The first-order chi connectivity index (χ1) is 13.1. The molecule has 1 aliphatic carbocycles. The van der Waals surface area contributed by atoms with E-state index >= 15 is 0 Å². The highest BCUT2D eigenvalue weighted by Crippen LogP contribution is 2.33. The third-order valence-electron chi connectivity index (χ3n) is 5.73. The van der Waals surface area contributed by atoms with Crippen LogP contribution < -0.4 is 0 Å². The molecule has 0 N–H and O–H groups in total. The Labute approximate surface area is 164 Å². The molecule has 1 aromatic carbocycles. The summed E-state index contributed by atoms with van der Waals surface area (Å²) in [6.45, 7) is 13.0. The van der Waals surface area contributed by atoms with Gasteiger partial charge >= 0.3 is 0 Å². The van der Waals surface area contributed by atoms with Gasteiger partial charge in [-0.2, -0.15) is 5.10 Å². The largest absolute Gasteiger partial charge is 0.377 e. The van der Waals surface area contributed by atoms with Crippen LogP contribution in [0.3, 0.4) is 0 Å². The Kier molecular flexibility index (Phi) is 6.89. The molecule has 0 amide bonds. The molecular weight excluding hydrogens is 332 g/mol. The van der Waals surface area contributed by atoms with Crippen molar-refractivity contribution in [1.82, 2.24) is 9.78 Å². The molecule has 0 atom stereocenters. The molecular formula is C24H34N2O. The van der Waals surface area contributed by atoms with Gasteiger partial charge in [0, 0.05) is 24.4 Å². The van der Waals surface area contributed by atoms with Crippen LogP contribution in [0.5, 0.6) is 0 Å². The predicted octanol–water partition coefficient (Wildman–Crippen LogP) is 5.82. The van der Waals surface area contributed by atoms with Gasteiger partial charge in [-0.05, 0) is 63.4 Å². The minimum atomic E-state index is 0.703. The highest BCUT2D eigenvalue weighted by atomic mass is 16.5. The van der Waals surface area contributed by atoms with Gasteiger partial charge in [0.25, 0.3) is 0 Å². The Balaban J connectivity index is 1.61. The van der Waals surface area contributed by atoms with Crippen molar-refractivity contribution in [2.75, 3.05) is 13.2 Å². The van der Waals surface area contributed by atoms with E-state index in [-0.39, 0.29) is 0 Å². The number of aromatic nitrogens is 2. The van der Waals surface area contributed by atoms with Crippen molar-refractivity contribution in [3.8, 4) is 11.1 Å². The van der Waals surface area contributed by atoms with E-state index in [0.29, 0.717) is 12.5 Å². The van der Waals surface area contributed by atoms with Gasteiger partial charge in [-0.25, -0.2) is 0 Å². The van der Waals surface area contributed by atoms with Gasteiger partial charge < -0.3 is 4.74 Å². The summed E-state index contributed by atoms with van der Waals surface area (Å²) in [7, 11) is 0. The van der Waals surface area contributed by atoms with Crippen molar-refractivity contribution >= 4 is 0 Å². The molecule has 0 aliphatic heterocycles. The van der Waals surface area contributed by atoms with E-state index in [9.17, 15) is 0 Å². The van der Waals surface area contributed by atoms with Crippen molar-refractivity contribution in [1.29, 1.82) is 0 Å². The van der Waals surface area contributed by atoms with Crippen molar-refractivity contribution in [2.24, 2.45) is 11.8 Å². The maximum Gasteiger partial charge on any atom is 0.0675 e. The van der Waals surface area contributed by atoms with Crippen molar-refractivity contribution in [2.45, 2.75) is 59.4 Å². The minimum Gasteiger partial charge on any atom is -0.377 e. The average molecular weight is 367 g/mol. The lowest BCUT2D eigenvalue weighted by Gasteiger charge is -2.28. The Hall–Kier alpha value is -1.87. The van der Waals surface area contributed by atoms with E-state index in [4.69, 9.17) is 9.84 Å². The number of rotatable bonds is 8. The summed E-state index contributed by atoms with van der Waals surface area (Å²) < 4.78 is 8.07. The number of benzene rings is 1. The SMILES string of the molecule is C=C(C)COCC1CCC(Cn2nc(C)c(-c3ccccc3)c2CC)CC1. The molecule has 0 saturated heterocycles. The maximum absolute atomic E-state index is 5.78. The molecule has 2 aromatic rings. The lowest BCUT2D eigenvalue weighted by Crippen LogP contribution is -2.23. The van der Waals surface area contributed by atoms with E-state index in [1.165, 1.54) is 42.5 Å². The summed E-state index contributed by atoms with van der Waals surface area (Å²) in [5.74, 6) is 1.45. The van der Waals surface area contributed by atoms with Crippen LogP contribution >= 0.6 is 0 Å².